The van der Waals surface area contributed by atoms with E-state index in [0.717, 1.165) is 42.4 Å². The second-order valence-corrected chi connectivity index (χ2v) is 11.7. The van der Waals surface area contributed by atoms with E-state index in [-0.39, 0.29) is 29.5 Å². The van der Waals surface area contributed by atoms with Crippen molar-refractivity contribution in [2.75, 3.05) is 24.4 Å². The molecule has 40 heavy (non-hydrogen) atoms. The van der Waals surface area contributed by atoms with Crippen molar-refractivity contribution in [1.29, 1.82) is 0 Å². The summed E-state index contributed by atoms with van der Waals surface area (Å²) in [5.41, 5.74) is 1.92. The number of para-hydroxylation sites is 1. The number of carbonyl (C=O) groups is 1. The normalized spacial score (nSPS) is 12.6. The van der Waals surface area contributed by atoms with Gasteiger partial charge in [0, 0.05) is 18.4 Å². The lowest BCUT2D eigenvalue weighted by molar-refractivity contribution is -0.118. The van der Waals surface area contributed by atoms with E-state index < -0.39 is 0 Å². The van der Waals surface area contributed by atoms with Gasteiger partial charge in [0.25, 0.3) is 5.91 Å². The molecule has 2 aromatic carbocycles. The van der Waals surface area contributed by atoms with Gasteiger partial charge in [0.05, 0.1) is 12.5 Å². The Kier molecular flexibility index (Phi) is 17.6. The molecule has 5 nitrogen and oxygen atoms in total. The number of benzene rings is 2. The van der Waals surface area contributed by atoms with Crippen molar-refractivity contribution in [3.05, 3.63) is 65.2 Å². The quantitative estimate of drug-likeness (QED) is 0.147. The standard InChI is InChI=1S/C33H48N2O3S.BrH/c1-3-4-5-6-7-8-9-10-11-12-13-16-23-37-30-19-21-31(22-20-30)38-26-33(36)34-32-18-15-14-17-29(32)25-35-24-28(2)39-27-35;/h14-15,17-22,24H,3-13,16,23,25-27H2,1-2H3,(H,34,36);1H. The Morgan fingerprint density at radius 1 is 0.825 bits per heavy atom. The number of nitrogens with one attached hydrogen (secondary N) is 1. The maximum absolute atomic E-state index is 12.6. The molecule has 0 aromatic heterocycles. The molecular formula is C33H49BrN2O3S. The Hall–Kier alpha value is -2.12. The van der Waals surface area contributed by atoms with Crippen LogP contribution in [-0.2, 0) is 11.3 Å². The van der Waals surface area contributed by atoms with E-state index >= 15 is 0 Å². The molecule has 0 atom stereocenters. The van der Waals surface area contributed by atoms with Crippen LogP contribution in [0.4, 0.5) is 5.69 Å². The molecule has 222 valence electrons. The lowest BCUT2D eigenvalue weighted by Gasteiger charge is -2.18. The van der Waals surface area contributed by atoms with Crippen molar-refractivity contribution in [2.24, 2.45) is 0 Å². The predicted molar refractivity (Wildman–Crippen MR) is 176 cm³/mol. The highest BCUT2D eigenvalue weighted by molar-refractivity contribution is 8.93. The molecule has 7 heteroatoms. The van der Waals surface area contributed by atoms with Gasteiger partial charge in [-0.05, 0) is 54.1 Å². The summed E-state index contributed by atoms with van der Waals surface area (Å²) in [5, 5.41) is 3.00. The zero-order valence-electron chi connectivity index (χ0n) is 24.5. The Morgan fingerprint density at radius 2 is 1.40 bits per heavy atom. The first-order valence-corrected chi connectivity index (χ1v) is 15.9. The average molecular weight is 634 g/mol. The van der Waals surface area contributed by atoms with E-state index in [1.807, 2.05) is 54.2 Å². The molecule has 0 saturated heterocycles. The van der Waals surface area contributed by atoms with Crippen LogP contribution in [-0.4, -0.2) is 29.9 Å². The van der Waals surface area contributed by atoms with Gasteiger partial charge >= 0.3 is 0 Å². The molecule has 1 aliphatic rings. The van der Waals surface area contributed by atoms with Crippen LogP contribution in [0.25, 0.3) is 0 Å². The van der Waals surface area contributed by atoms with Gasteiger partial charge in [0.2, 0.25) is 0 Å². The van der Waals surface area contributed by atoms with Crippen LogP contribution >= 0.6 is 28.7 Å². The van der Waals surface area contributed by atoms with Gasteiger partial charge in [-0.25, -0.2) is 0 Å². The maximum Gasteiger partial charge on any atom is 0.262 e. The molecule has 1 heterocycles. The van der Waals surface area contributed by atoms with Crippen molar-refractivity contribution < 1.29 is 14.3 Å². The number of hydrogen-bond acceptors (Lipinski definition) is 5. The van der Waals surface area contributed by atoms with Gasteiger partial charge in [-0.3, -0.25) is 4.79 Å². The molecule has 2 aromatic rings. The van der Waals surface area contributed by atoms with Crippen LogP contribution < -0.4 is 14.8 Å². The van der Waals surface area contributed by atoms with Crippen molar-refractivity contribution in [3.63, 3.8) is 0 Å². The summed E-state index contributed by atoms with van der Waals surface area (Å²) in [5.74, 6) is 2.27. The summed E-state index contributed by atoms with van der Waals surface area (Å²) in [4.78, 5) is 16.1. The van der Waals surface area contributed by atoms with Crippen LogP contribution in [0.15, 0.2) is 59.6 Å². The van der Waals surface area contributed by atoms with Crippen LogP contribution in [0, 0.1) is 0 Å². The molecular weight excluding hydrogens is 584 g/mol. The van der Waals surface area contributed by atoms with E-state index in [0.29, 0.717) is 5.75 Å². The third-order valence-electron chi connectivity index (χ3n) is 6.95. The second-order valence-electron chi connectivity index (χ2n) is 10.5. The van der Waals surface area contributed by atoms with Gasteiger partial charge < -0.3 is 19.7 Å². The van der Waals surface area contributed by atoms with Gasteiger partial charge in [-0.2, -0.15) is 0 Å². The first-order chi connectivity index (χ1) is 19.1. The lowest BCUT2D eigenvalue weighted by Crippen LogP contribution is -2.22. The largest absolute Gasteiger partial charge is 0.494 e. The van der Waals surface area contributed by atoms with Crippen LogP contribution in [0.2, 0.25) is 0 Å². The van der Waals surface area contributed by atoms with E-state index in [9.17, 15) is 4.79 Å². The van der Waals surface area contributed by atoms with Crippen molar-refractivity contribution >= 4 is 40.3 Å². The zero-order valence-corrected chi connectivity index (χ0v) is 27.0. The van der Waals surface area contributed by atoms with Crippen LogP contribution in [0.5, 0.6) is 11.5 Å². The summed E-state index contributed by atoms with van der Waals surface area (Å²) in [6.45, 7) is 5.87. The summed E-state index contributed by atoms with van der Waals surface area (Å²) in [7, 11) is 0. The van der Waals surface area contributed by atoms with Crippen molar-refractivity contribution in [1.82, 2.24) is 4.90 Å². The number of halogens is 1. The van der Waals surface area contributed by atoms with Crippen molar-refractivity contribution in [3.8, 4) is 11.5 Å². The highest BCUT2D eigenvalue weighted by Gasteiger charge is 2.13. The first kappa shape index (κ1) is 34.1. The number of hydrogen-bond donors (Lipinski definition) is 1. The molecule has 0 saturated carbocycles. The number of carbonyl (C=O) groups excluding carboxylic acids is 1. The number of thioether (sulfide) groups is 1. The molecule has 0 fully saturated rings. The van der Waals surface area contributed by atoms with E-state index in [1.165, 1.54) is 75.5 Å². The summed E-state index contributed by atoms with van der Waals surface area (Å²) < 4.78 is 11.6. The number of anilines is 1. The van der Waals surface area contributed by atoms with Gasteiger partial charge in [0.1, 0.15) is 11.5 Å². The highest BCUT2D eigenvalue weighted by atomic mass is 79.9. The summed E-state index contributed by atoms with van der Waals surface area (Å²) in [6.07, 6.45) is 18.2. The minimum absolute atomic E-state index is 0. The SMILES string of the molecule is Br.CCCCCCCCCCCCCCOc1ccc(OCC(=O)Nc2ccccc2CN2C=C(C)SC2)cc1. The molecule has 0 radical (unpaired) electrons. The Labute approximate surface area is 257 Å². The highest BCUT2D eigenvalue weighted by Crippen LogP contribution is 2.27. The first-order valence-electron chi connectivity index (χ1n) is 14.9. The predicted octanol–water partition coefficient (Wildman–Crippen LogP) is 9.73. The van der Waals surface area contributed by atoms with E-state index in [4.69, 9.17) is 9.47 Å². The number of allylic oxidation sites excluding steroid dienone is 1. The number of nitrogens with zero attached hydrogens (tertiary/aromatic N) is 1. The van der Waals surface area contributed by atoms with Gasteiger partial charge in [-0.15, -0.1) is 28.7 Å². The smallest absolute Gasteiger partial charge is 0.262 e. The van der Waals surface area contributed by atoms with Crippen LogP contribution in [0.3, 0.4) is 0 Å². The molecule has 0 unspecified atom stereocenters. The number of unbranched alkanes of at least 4 members (excludes halogenated alkanes) is 11. The monoisotopic (exact) mass is 632 g/mol. The molecule has 1 aliphatic heterocycles. The summed E-state index contributed by atoms with van der Waals surface area (Å²) >= 11 is 1.83. The fourth-order valence-electron chi connectivity index (χ4n) is 4.71. The number of amides is 1. The minimum Gasteiger partial charge on any atom is -0.494 e. The maximum atomic E-state index is 12.6. The van der Waals surface area contributed by atoms with Gasteiger partial charge in [0.15, 0.2) is 6.61 Å². The Bertz CT molecular complexity index is 999. The molecule has 0 bridgehead atoms. The Morgan fingerprint density at radius 3 is 2.00 bits per heavy atom. The lowest BCUT2D eigenvalue weighted by atomic mass is 10.1. The summed E-state index contributed by atoms with van der Waals surface area (Å²) in [6, 6.07) is 15.5. The van der Waals surface area contributed by atoms with Gasteiger partial charge in [-0.1, -0.05) is 95.8 Å². The topological polar surface area (TPSA) is 50.8 Å². The van der Waals surface area contributed by atoms with Crippen LogP contribution in [0.1, 0.15) is 96.5 Å². The molecule has 0 spiro atoms. The Balaban J connectivity index is 0.00000560. The third-order valence-corrected chi connectivity index (χ3v) is 7.97. The zero-order chi connectivity index (χ0) is 27.5. The molecule has 3 rings (SSSR count). The number of rotatable bonds is 20. The third kappa shape index (κ3) is 14.0. The molecule has 1 amide bonds. The van der Waals surface area contributed by atoms with E-state index in [2.05, 4.69) is 36.3 Å². The molecule has 0 aliphatic carbocycles. The second kappa shape index (κ2) is 20.7. The molecule has 1 N–H and O–H groups in total. The average Bonchev–Trinajstić information content (AvgIpc) is 3.36. The van der Waals surface area contributed by atoms with E-state index in [1.54, 1.807) is 0 Å². The number of ether oxygens (including phenoxy) is 2. The minimum atomic E-state index is -0.169. The fourth-order valence-corrected chi connectivity index (χ4v) is 5.47. The van der Waals surface area contributed by atoms with Crippen molar-refractivity contribution in [2.45, 2.75) is 97.4 Å². The fraction of sp³-hybridized carbons (Fsp3) is 0.545.